The molecule has 0 spiro atoms. The second-order valence-electron chi connectivity index (χ2n) is 6.93. The molecule has 4 nitrogen and oxygen atoms in total. The molecule has 0 radical (unpaired) electrons. The predicted octanol–water partition coefficient (Wildman–Crippen LogP) is 2.81. The monoisotopic (exact) mass is 337 g/mol. The number of carbonyl (C=O) groups is 1. The second kappa shape index (κ2) is 7.70. The van der Waals surface area contributed by atoms with Gasteiger partial charge in [0.25, 0.3) is 0 Å². The minimum absolute atomic E-state index is 0.0238. The Morgan fingerprint density at radius 1 is 0.960 bits per heavy atom. The number of nitrogens with two attached hydrogens (primary N) is 1. The molecule has 1 heterocycles. The molecule has 0 aliphatic carbocycles. The van der Waals surface area contributed by atoms with E-state index in [-0.39, 0.29) is 17.7 Å². The van der Waals surface area contributed by atoms with Crippen LogP contribution in [0.25, 0.3) is 0 Å². The fourth-order valence-electron chi connectivity index (χ4n) is 3.75. The fourth-order valence-corrected chi connectivity index (χ4v) is 3.75. The summed E-state index contributed by atoms with van der Waals surface area (Å²) in [4.78, 5) is 17.0. The third kappa shape index (κ3) is 3.85. The van der Waals surface area contributed by atoms with Crippen LogP contribution in [0.2, 0.25) is 0 Å². The zero-order valence-corrected chi connectivity index (χ0v) is 15.1. The predicted molar refractivity (Wildman–Crippen MR) is 103 cm³/mol. The zero-order valence-electron chi connectivity index (χ0n) is 15.1. The van der Waals surface area contributed by atoms with Gasteiger partial charge < -0.3 is 15.5 Å². The summed E-state index contributed by atoms with van der Waals surface area (Å²) in [7, 11) is 2.16. The van der Waals surface area contributed by atoms with Crippen molar-refractivity contribution in [3.05, 3.63) is 65.7 Å². The zero-order chi connectivity index (χ0) is 17.8. The number of rotatable bonds is 5. The Morgan fingerprint density at radius 3 is 2.20 bits per heavy atom. The van der Waals surface area contributed by atoms with Gasteiger partial charge in [0.15, 0.2) is 0 Å². The van der Waals surface area contributed by atoms with Crippen molar-refractivity contribution in [3.63, 3.8) is 0 Å². The molecule has 1 saturated heterocycles. The van der Waals surface area contributed by atoms with Crippen LogP contribution in [-0.2, 0) is 4.79 Å². The summed E-state index contributed by atoms with van der Waals surface area (Å²) in [6, 6.07) is 18.3. The highest BCUT2D eigenvalue weighted by Crippen LogP contribution is 2.37. The summed E-state index contributed by atoms with van der Waals surface area (Å²) in [5, 5.41) is 0. The Hall–Kier alpha value is -2.33. The average molecular weight is 337 g/mol. The third-order valence-electron chi connectivity index (χ3n) is 5.24. The number of primary amides is 1. The molecule has 0 aromatic heterocycles. The van der Waals surface area contributed by atoms with Gasteiger partial charge in [-0.2, -0.15) is 0 Å². The smallest absolute Gasteiger partial charge is 0.225 e. The van der Waals surface area contributed by atoms with E-state index in [0.29, 0.717) is 0 Å². The molecule has 4 heteroatoms. The van der Waals surface area contributed by atoms with Gasteiger partial charge in [-0.1, -0.05) is 55.5 Å². The van der Waals surface area contributed by atoms with Gasteiger partial charge in [0, 0.05) is 31.9 Å². The summed E-state index contributed by atoms with van der Waals surface area (Å²) >= 11 is 0. The van der Waals surface area contributed by atoms with Gasteiger partial charge in [-0.15, -0.1) is 0 Å². The van der Waals surface area contributed by atoms with E-state index in [1.807, 2.05) is 30.3 Å². The lowest BCUT2D eigenvalue weighted by Gasteiger charge is -2.36. The highest BCUT2D eigenvalue weighted by molar-refractivity contribution is 5.83. The van der Waals surface area contributed by atoms with Crippen LogP contribution >= 0.6 is 0 Å². The van der Waals surface area contributed by atoms with Crippen LogP contribution in [0, 0.1) is 0 Å². The summed E-state index contributed by atoms with van der Waals surface area (Å²) in [6.07, 6.45) is 0. The lowest BCUT2D eigenvalue weighted by Crippen LogP contribution is -2.45. The lowest BCUT2D eigenvalue weighted by atomic mass is 9.81. The minimum atomic E-state index is -0.324. The summed E-state index contributed by atoms with van der Waals surface area (Å²) in [5.41, 5.74) is 9.20. The minimum Gasteiger partial charge on any atom is -0.369 e. The second-order valence-corrected chi connectivity index (χ2v) is 6.93. The first-order chi connectivity index (χ1) is 12.1. The van der Waals surface area contributed by atoms with Gasteiger partial charge in [0.05, 0.1) is 5.92 Å². The molecule has 2 N–H and O–H groups in total. The van der Waals surface area contributed by atoms with Gasteiger partial charge in [-0.3, -0.25) is 4.79 Å². The summed E-state index contributed by atoms with van der Waals surface area (Å²) in [5.74, 6) is -0.572. The van der Waals surface area contributed by atoms with Crippen LogP contribution in [0.3, 0.4) is 0 Å². The number of benzene rings is 2. The maximum atomic E-state index is 12.2. The van der Waals surface area contributed by atoms with E-state index in [4.69, 9.17) is 5.73 Å². The molecule has 3 rings (SSSR count). The average Bonchev–Trinajstić information content (AvgIpc) is 2.63. The molecular formula is C21H27N3O. The highest BCUT2D eigenvalue weighted by Gasteiger charge is 2.29. The van der Waals surface area contributed by atoms with Crippen LogP contribution in [0.1, 0.15) is 29.9 Å². The van der Waals surface area contributed by atoms with Gasteiger partial charge >= 0.3 is 0 Å². The molecule has 2 atom stereocenters. The maximum Gasteiger partial charge on any atom is 0.225 e. The number of nitrogens with zero attached hydrogens (tertiary/aromatic N) is 2. The van der Waals surface area contributed by atoms with Crippen molar-refractivity contribution in [1.82, 2.24) is 4.90 Å². The molecule has 1 fully saturated rings. The largest absolute Gasteiger partial charge is 0.369 e. The third-order valence-corrected chi connectivity index (χ3v) is 5.24. The molecule has 2 unspecified atom stereocenters. The van der Waals surface area contributed by atoms with E-state index in [1.54, 1.807) is 0 Å². The Morgan fingerprint density at radius 2 is 1.56 bits per heavy atom. The molecule has 1 aliphatic heterocycles. The van der Waals surface area contributed by atoms with Crippen LogP contribution in [0.4, 0.5) is 5.69 Å². The lowest BCUT2D eigenvalue weighted by molar-refractivity contribution is -0.119. The van der Waals surface area contributed by atoms with Crippen molar-refractivity contribution in [3.8, 4) is 0 Å². The molecule has 0 saturated carbocycles. The Labute approximate surface area is 150 Å². The number of carbonyl (C=O) groups excluding carboxylic acids is 1. The van der Waals surface area contributed by atoms with Crippen LogP contribution < -0.4 is 10.6 Å². The van der Waals surface area contributed by atoms with Gasteiger partial charge in [-0.05, 0) is 30.2 Å². The summed E-state index contributed by atoms with van der Waals surface area (Å²) < 4.78 is 0. The first-order valence-corrected chi connectivity index (χ1v) is 8.94. The van der Waals surface area contributed by atoms with E-state index < -0.39 is 0 Å². The van der Waals surface area contributed by atoms with Gasteiger partial charge in [0.2, 0.25) is 5.91 Å². The van der Waals surface area contributed by atoms with Crippen LogP contribution in [0.5, 0.6) is 0 Å². The van der Waals surface area contributed by atoms with Crippen molar-refractivity contribution in [2.75, 3.05) is 38.1 Å². The Bertz CT molecular complexity index is 708. The molecule has 2 aromatic rings. The van der Waals surface area contributed by atoms with Gasteiger partial charge in [0.1, 0.15) is 0 Å². The van der Waals surface area contributed by atoms with Gasteiger partial charge in [-0.25, -0.2) is 0 Å². The van der Waals surface area contributed by atoms with E-state index in [0.717, 1.165) is 31.7 Å². The van der Waals surface area contributed by atoms with E-state index in [2.05, 4.69) is 48.0 Å². The Kier molecular flexibility index (Phi) is 5.39. The Balaban J connectivity index is 1.93. The fraction of sp³-hybridized carbons (Fsp3) is 0.381. The topological polar surface area (TPSA) is 49.6 Å². The summed E-state index contributed by atoms with van der Waals surface area (Å²) in [6.45, 7) is 6.23. The molecule has 2 aromatic carbocycles. The number of likely N-dealkylation sites (N-methyl/N-ethyl adjacent to an activating group) is 1. The normalized spacial score (nSPS) is 17.9. The SMILES string of the molecule is CC(c1ccccc1N1CCN(C)CC1)C(C(N)=O)c1ccccc1. The molecule has 132 valence electrons. The molecule has 1 amide bonds. The van der Waals surface area contributed by atoms with Crippen molar-refractivity contribution in [1.29, 1.82) is 0 Å². The maximum absolute atomic E-state index is 12.2. The van der Waals surface area contributed by atoms with E-state index >= 15 is 0 Å². The standard InChI is InChI=1S/C21H27N3O/c1-16(20(21(22)25)17-8-4-3-5-9-17)18-10-6-7-11-19(18)24-14-12-23(2)13-15-24/h3-11,16,20H,12-15H2,1-2H3,(H2,22,25). The number of anilines is 1. The van der Waals surface area contributed by atoms with Crippen molar-refractivity contribution in [2.45, 2.75) is 18.8 Å². The van der Waals surface area contributed by atoms with Crippen molar-refractivity contribution < 1.29 is 4.79 Å². The molecule has 25 heavy (non-hydrogen) atoms. The number of amides is 1. The molecular weight excluding hydrogens is 310 g/mol. The van der Waals surface area contributed by atoms with Crippen molar-refractivity contribution in [2.24, 2.45) is 5.73 Å². The van der Waals surface area contributed by atoms with Crippen LogP contribution in [0.15, 0.2) is 54.6 Å². The van der Waals surface area contributed by atoms with Crippen molar-refractivity contribution >= 4 is 11.6 Å². The van der Waals surface area contributed by atoms with E-state index in [9.17, 15) is 4.79 Å². The molecule has 1 aliphatic rings. The first-order valence-electron chi connectivity index (χ1n) is 8.94. The number of hydrogen-bond acceptors (Lipinski definition) is 3. The van der Waals surface area contributed by atoms with Crippen LogP contribution in [-0.4, -0.2) is 44.0 Å². The quantitative estimate of drug-likeness (QED) is 0.913. The van der Waals surface area contributed by atoms with E-state index in [1.165, 1.54) is 11.3 Å². The molecule has 0 bridgehead atoms. The number of para-hydroxylation sites is 1. The number of hydrogen-bond donors (Lipinski definition) is 1. The first kappa shape index (κ1) is 17.5. The number of piperazine rings is 1. The highest BCUT2D eigenvalue weighted by atomic mass is 16.1.